The summed E-state index contributed by atoms with van der Waals surface area (Å²) in [6, 6.07) is 13.5. The third kappa shape index (κ3) is 3.88. The van der Waals surface area contributed by atoms with E-state index in [1.165, 1.54) is 36.8 Å². The smallest absolute Gasteiger partial charge is 0.231 e. The Hall–Kier alpha value is -2.44. The molecule has 2 N–H and O–H groups in total. The summed E-state index contributed by atoms with van der Waals surface area (Å²) < 4.78 is 21.7. The maximum atomic E-state index is 5.46. The number of nitrogens with one attached hydrogen (secondary N) is 2. The highest BCUT2D eigenvalue weighted by Crippen LogP contribution is 2.33. The number of rotatable bonds is 6. The molecule has 148 valence electrons. The van der Waals surface area contributed by atoms with Crippen molar-refractivity contribution in [1.29, 1.82) is 0 Å². The molecule has 0 bridgehead atoms. The third-order valence-electron chi connectivity index (χ3n) is 5.79. The number of fused-ring (bicyclic) bond motifs is 2. The Kier molecular flexibility index (Phi) is 4.97. The van der Waals surface area contributed by atoms with Crippen molar-refractivity contribution in [2.45, 2.75) is 50.9 Å². The first-order chi connectivity index (χ1) is 13.8. The van der Waals surface area contributed by atoms with Crippen LogP contribution in [0.25, 0.3) is 0 Å². The Morgan fingerprint density at radius 2 is 1.04 bits per heavy atom. The molecule has 0 aromatic heterocycles. The average molecular weight is 382 g/mol. The summed E-state index contributed by atoms with van der Waals surface area (Å²) in [5, 5.41) is 7.39. The summed E-state index contributed by atoms with van der Waals surface area (Å²) in [6.07, 6.45) is 4.79. The minimum atomic E-state index is 0.329. The van der Waals surface area contributed by atoms with Gasteiger partial charge in [0, 0.05) is 25.2 Å². The molecule has 2 aromatic rings. The van der Waals surface area contributed by atoms with E-state index in [2.05, 4.69) is 34.9 Å². The molecule has 0 saturated heterocycles. The summed E-state index contributed by atoms with van der Waals surface area (Å²) in [5.74, 6) is 3.40. The minimum Gasteiger partial charge on any atom is -0.454 e. The molecule has 28 heavy (non-hydrogen) atoms. The van der Waals surface area contributed by atoms with Gasteiger partial charge in [-0.15, -0.1) is 0 Å². The molecule has 0 amide bonds. The van der Waals surface area contributed by atoms with Gasteiger partial charge in [0.2, 0.25) is 13.6 Å². The second-order valence-electron chi connectivity index (χ2n) is 7.69. The Bertz CT molecular complexity index is 764. The zero-order valence-corrected chi connectivity index (χ0v) is 15.9. The number of ether oxygens (including phenoxy) is 4. The Labute approximate surface area is 165 Å². The van der Waals surface area contributed by atoms with Gasteiger partial charge in [0.15, 0.2) is 23.0 Å². The molecule has 0 unspecified atom stereocenters. The van der Waals surface area contributed by atoms with E-state index in [0.717, 1.165) is 36.1 Å². The van der Waals surface area contributed by atoms with Crippen molar-refractivity contribution in [3.8, 4) is 23.0 Å². The quantitative estimate of drug-likeness (QED) is 0.799. The molecule has 0 spiro atoms. The van der Waals surface area contributed by atoms with Crippen LogP contribution >= 0.6 is 0 Å². The highest BCUT2D eigenvalue weighted by Gasteiger charge is 2.21. The zero-order valence-electron chi connectivity index (χ0n) is 15.9. The van der Waals surface area contributed by atoms with Gasteiger partial charge < -0.3 is 29.6 Å². The van der Waals surface area contributed by atoms with E-state index >= 15 is 0 Å². The molecule has 3 aliphatic rings. The van der Waals surface area contributed by atoms with Gasteiger partial charge in [-0.1, -0.05) is 12.1 Å². The lowest BCUT2D eigenvalue weighted by molar-refractivity contribution is 0.173. The number of hydrogen-bond donors (Lipinski definition) is 2. The predicted molar refractivity (Wildman–Crippen MR) is 105 cm³/mol. The first kappa shape index (κ1) is 17.6. The van der Waals surface area contributed by atoms with Gasteiger partial charge in [0.1, 0.15) is 0 Å². The van der Waals surface area contributed by atoms with Crippen LogP contribution in [-0.4, -0.2) is 25.7 Å². The van der Waals surface area contributed by atoms with Gasteiger partial charge in [0.05, 0.1) is 0 Å². The normalized spacial score (nSPS) is 22.4. The SMILES string of the molecule is c1cc2c(cc1CN[C@H]1CC[C@H](NCc3ccc4c(c3)OCO4)CC1)OCO2. The van der Waals surface area contributed by atoms with Crippen LogP contribution in [0.2, 0.25) is 0 Å². The van der Waals surface area contributed by atoms with Gasteiger partial charge in [-0.2, -0.15) is 0 Å². The van der Waals surface area contributed by atoms with Crippen molar-refractivity contribution in [3.05, 3.63) is 47.5 Å². The lowest BCUT2D eigenvalue weighted by Crippen LogP contribution is -2.39. The molecule has 1 saturated carbocycles. The van der Waals surface area contributed by atoms with Crippen LogP contribution in [-0.2, 0) is 13.1 Å². The zero-order chi connectivity index (χ0) is 18.8. The van der Waals surface area contributed by atoms with Crippen LogP contribution < -0.4 is 29.6 Å². The van der Waals surface area contributed by atoms with Crippen molar-refractivity contribution < 1.29 is 18.9 Å². The standard InChI is InChI=1S/C22H26N2O4/c1-7-19-21(27-13-25-19)9-15(1)11-23-17-3-5-18(6-4-17)24-12-16-2-8-20-22(10-16)28-14-26-20/h1-2,7-10,17-18,23-24H,3-6,11-14H2/t17-,18-. The minimum absolute atomic E-state index is 0.329. The van der Waals surface area contributed by atoms with Gasteiger partial charge >= 0.3 is 0 Å². The van der Waals surface area contributed by atoms with E-state index < -0.39 is 0 Å². The van der Waals surface area contributed by atoms with Crippen molar-refractivity contribution in [3.63, 3.8) is 0 Å². The molecular formula is C22H26N2O4. The lowest BCUT2D eigenvalue weighted by atomic mass is 9.91. The maximum absolute atomic E-state index is 5.46. The van der Waals surface area contributed by atoms with Gasteiger partial charge in [0.25, 0.3) is 0 Å². The summed E-state index contributed by atoms with van der Waals surface area (Å²) in [5.41, 5.74) is 2.49. The second kappa shape index (κ2) is 7.89. The van der Waals surface area contributed by atoms with Crippen LogP contribution in [0.1, 0.15) is 36.8 Å². The molecule has 2 heterocycles. The van der Waals surface area contributed by atoms with E-state index in [9.17, 15) is 0 Å². The summed E-state index contributed by atoms with van der Waals surface area (Å²) in [4.78, 5) is 0. The maximum Gasteiger partial charge on any atom is 0.231 e. The summed E-state index contributed by atoms with van der Waals surface area (Å²) in [7, 11) is 0. The van der Waals surface area contributed by atoms with Crippen molar-refractivity contribution in [2.75, 3.05) is 13.6 Å². The fourth-order valence-electron chi connectivity index (χ4n) is 4.13. The fourth-order valence-corrected chi connectivity index (χ4v) is 4.13. The molecule has 1 fully saturated rings. The van der Waals surface area contributed by atoms with Crippen molar-refractivity contribution in [2.24, 2.45) is 0 Å². The molecule has 0 radical (unpaired) electrons. The molecule has 2 aromatic carbocycles. The Morgan fingerprint density at radius 1 is 0.607 bits per heavy atom. The van der Waals surface area contributed by atoms with Gasteiger partial charge in [-0.05, 0) is 61.1 Å². The van der Waals surface area contributed by atoms with Crippen molar-refractivity contribution >= 4 is 0 Å². The first-order valence-electron chi connectivity index (χ1n) is 10.1. The van der Waals surface area contributed by atoms with Crippen LogP contribution in [0.4, 0.5) is 0 Å². The van der Waals surface area contributed by atoms with Gasteiger partial charge in [-0.25, -0.2) is 0 Å². The van der Waals surface area contributed by atoms with Crippen molar-refractivity contribution in [1.82, 2.24) is 10.6 Å². The highest BCUT2D eigenvalue weighted by molar-refractivity contribution is 5.45. The van der Waals surface area contributed by atoms with E-state index in [4.69, 9.17) is 18.9 Å². The summed E-state index contributed by atoms with van der Waals surface area (Å²) >= 11 is 0. The van der Waals surface area contributed by atoms with Gasteiger partial charge in [-0.3, -0.25) is 0 Å². The van der Waals surface area contributed by atoms with Crippen LogP contribution in [0.3, 0.4) is 0 Å². The monoisotopic (exact) mass is 382 g/mol. The molecule has 6 nitrogen and oxygen atoms in total. The van der Waals surface area contributed by atoms with Crippen LogP contribution in [0.5, 0.6) is 23.0 Å². The molecule has 5 rings (SSSR count). The van der Waals surface area contributed by atoms with Crippen LogP contribution in [0, 0.1) is 0 Å². The number of hydrogen-bond acceptors (Lipinski definition) is 6. The second-order valence-corrected chi connectivity index (χ2v) is 7.69. The van der Waals surface area contributed by atoms with E-state index in [1.54, 1.807) is 0 Å². The average Bonchev–Trinajstić information content (AvgIpc) is 3.39. The molecule has 0 atom stereocenters. The predicted octanol–water partition coefficient (Wildman–Crippen LogP) is 3.33. The topological polar surface area (TPSA) is 61.0 Å². The largest absolute Gasteiger partial charge is 0.454 e. The molecule has 6 heteroatoms. The number of benzene rings is 2. The molecular weight excluding hydrogens is 356 g/mol. The van der Waals surface area contributed by atoms with E-state index in [-0.39, 0.29) is 0 Å². The summed E-state index contributed by atoms with van der Waals surface area (Å²) in [6.45, 7) is 2.40. The highest BCUT2D eigenvalue weighted by atomic mass is 16.7. The first-order valence-corrected chi connectivity index (χ1v) is 10.1. The van der Waals surface area contributed by atoms with Crippen LogP contribution in [0.15, 0.2) is 36.4 Å². The Morgan fingerprint density at radius 3 is 1.50 bits per heavy atom. The molecule has 1 aliphatic carbocycles. The van der Waals surface area contributed by atoms with E-state index in [0.29, 0.717) is 25.7 Å². The Balaban J connectivity index is 1.05. The third-order valence-corrected chi connectivity index (χ3v) is 5.79. The molecule has 2 aliphatic heterocycles. The fraction of sp³-hybridized carbons (Fsp3) is 0.455. The lowest BCUT2D eigenvalue weighted by Gasteiger charge is -2.30. The van der Waals surface area contributed by atoms with E-state index in [1.807, 2.05) is 12.1 Å².